The molecule has 112 valence electrons. The molecule has 4 nitrogen and oxygen atoms in total. The van der Waals surface area contributed by atoms with Crippen molar-refractivity contribution in [2.75, 3.05) is 24.3 Å². The molecule has 1 aliphatic rings. The summed E-state index contributed by atoms with van der Waals surface area (Å²) in [5.41, 5.74) is 1.24. The molecule has 0 spiro atoms. The first-order chi connectivity index (χ1) is 9.65. The van der Waals surface area contributed by atoms with E-state index in [0.717, 1.165) is 11.6 Å². The van der Waals surface area contributed by atoms with Gasteiger partial charge in [0.1, 0.15) is 18.0 Å². The second-order valence-electron chi connectivity index (χ2n) is 6.12. The molecule has 0 radical (unpaired) electrons. The summed E-state index contributed by atoms with van der Waals surface area (Å²) in [6.45, 7) is 4.42. The molecule has 1 aliphatic carbocycles. The Kier molecular flexibility index (Phi) is 5.21. The molecular formula is C16H28N4. The summed E-state index contributed by atoms with van der Waals surface area (Å²) in [6, 6.07) is 0.620. The summed E-state index contributed by atoms with van der Waals surface area (Å²) < 4.78 is 0. The SMILES string of the molecule is CNc1ncnc(N(C)C2CCCCCC2)c1C(C)C. The first-order valence-electron chi connectivity index (χ1n) is 7.90. The predicted octanol–water partition coefficient (Wildman–Crippen LogP) is 3.80. The van der Waals surface area contributed by atoms with Crippen molar-refractivity contribution in [3.63, 3.8) is 0 Å². The van der Waals surface area contributed by atoms with Crippen LogP contribution in [0.15, 0.2) is 6.33 Å². The molecule has 0 aliphatic heterocycles. The zero-order valence-corrected chi connectivity index (χ0v) is 13.3. The summed E-state index contributed by atoms with van der Waals surface area (Å²) in [5.74, 6) is 2.48. The minimum Gasteiger partial charge on any atom is -0.373 e. The molecule has 1 aromatic rings. The Morgan fingerprint density at radius 2 is 1.80 bits per heavy atom. The lowest BCUT2D eigenvalue weighted by Crippen LogP contribution is -2.33. The molecule has 0 unspecified atom stereocenters. The van der Waals surface area contributed by atoms with Gasteiger partial charge in [0.15, 0.2) is 0 Å². The Hall–Kier alpha value is -1.32. The van der Waals surface area contributed by atoms with E-state index in [-0.39, 0.29) is 0 Å². The van der Waals surface area contributed by atoms with Gasteiger partial charge in [-0.1, -0.05) is 39.5 Å². The molecule has 0 bridgehead atoms. The molecule has 1 aromatic heterocycles. The van der Waals surface area contributed by atoms with Crippen LogP contribution in [0.5, 0.6) is 0 Å². The van der Waals surface area contributed by atoms with E-state index in [1.165, 1.54) is 44.1 Å². The van der Waals surface area contributed by atoms with E-state index in [9.17, 15) is 0 Å². The van der Waals surface area contributed by atoms with Crippen molar-refractivity contribution in [2.45, 2.75) is 64.3 Å². The largest absolute Gasteiger partial charge is 0.373 e. The van der Waals surface area contributed by atoms with E-state index in [1.807, 2.05) is 7.05 Å². The van der Waals surface area contributed by atoms with Gasteiger partial charge in [-0.05, 0) is 18.8 Å². The van der Waals surface area contributed by atoms with Crippen molar-refractivity contribution in [1.29, 1.82) is 0 Å². The second-order valence-corrected chi connectivity index (χ2v) is 6.12. The van der Waals surface area contributed by atoms with Crippen LogP contribution in [0.4, 0.5) is 11.6 Å². The predicted molar refractivity (Wildman–Crippen MR) is 85.6 cm³/mol. The van der Waals surface area contributed by atoms with Gasteiger partial charge in [0.25, 0.3) is 0 Å². The van der Waals surface area contributed by atoms with Crippen LogP contribution in [-0.2, 0) is 0 Å². The van der Waals surface area contributed by atoms with E-state index in [0.29, 0.717) is 12.0 Å². The standard InChI is InChI=1S/C16H28N4/c1-12(2)14-15(17-3)18-11-19-16(14)20(4)13-9-7-5-6-8-10-13/h11-13H,5-10H2,1-4H3,(H,17,18,19). The highest BCUT2D eigenvalue weighted by Crippen LogP contribution is 2.33. The minimum absolute atomic E-state index is 0.418. The summed E-state index contributed by atoms with van der Waals surface area (Å²) in [6.07, 6.45) is 9.70. The topological polar surface area (TPSA) is 41.1 Å². The fourth-order valence-corrected chi connectivity index (χ4v) is 3.22. The Morgan fingerprint density at radius 3 is 2.35 bits per heavy atom. The molecule has 0 amide bonds. The molecular weight excluding hydrogens is 248 g/mol. The smallest absolute Gasteiger partial charge is 0.137 e. The monoisotopic (exact) mass is 276 g/mol. The Labute approximate surface area is 123 Å². The maximum absolute atomic E-state index is 4.59. The maximum atomic E-state index is 4.59. The number of anilines is 2. The Balaban J connectivity index is 2.30. The normalized spacial score (nSPS) is 17.1. The highest BCUT2D eigenvalue weighted by molar-refractivity contribution is 5.60. The van der Waals surface area contributed by atoms with Crippen molar-refractivity contribution in [3.05, 3.63) is 11.9 Å². The van der Waals surface area contributed by atoms with Crippen LogP contribution in [0.2, 0.25) is 0 Å². The molecule has 2 rings (SSSR count). The molecule has 4 heteroatoms. The summed E-state index contributed by atoms with van der Waals surface area (Å²) in [5, 5.41) is 3.21. The summed E-state index contributed by atoms with van der Waals surface area (Å²) in [7, 11) is 4.13. The quantitative estimate of drug-likeness (QED) is 0.849. The Morgan fingerprint density at radius 1 is 1.15 bits per heavy atom. The van der Waals surface area contributed by atoms with Gasteiger partial charge in [-0.15, -0.1) is 0 Å². The van der Waals surface area contributed by atoms with Crippen LogP contribution < -0.4 is 10.2 Å². The van der Waals surface area contributed by atoms with Crippen molar-refractivity contribution in [3.8, 4) is 0 Å². The summed E-state index contributed by atoms with van der Waals surface area (Å²) >= 11 is 0. The average molecular weight is 276 g/mol. The lowest BCUT2D eigenvalue weighted by atomic mass is 10.0. The van der Waals surface area contributed by atoms with Crippen LogP contribution in [0.1, 0.15) is 63.9 Å². The van der Waals surface area contributed by atoms with E-state index in [1.54, 1.807) is 6.33 Å². The first-order valence-corrected chi connectivity index (χ1v) is 7.90. The lowest BCUT2D eigenvalue weighted by molar-refractivity contribution is 0.546. The van der Waals surface area contributed by atoms with Crippen molar-refractivity contribution in [2.24, 2.45) is 0 Å². The van der Waals surface area contributed by atoms with Crippen LogP contribution in [0.3, 0.4) is 0 Å². The van der Waals surface area contributed by atoms with Gasteiger partial charge in [-0.3, -0.25) is 0 Å². The fourth-order valence-electron chi connectivity index (χ4n) is 3.22. The highest BCUT2D eigenvalue weighted by Gasteiger charge is 2.23. The van der Waals surface area contributed by atoms with Gasteiger partial charge in [0, 0.05) is 25.7 Å². The third-order valence-corrected chi connectivity index (χ3v) is 4.38. The van der Waals surface area contributed by atoms with Gasteiger partial charge in [0.05, 0.1) is 0 Å². The molecule has 0 saturated heterocycles. The highest BCUT2D eigenvalue weighted by atomic mass is 15.2. The van der Waals surface area contributed by atoms with E-state index >= 15 is 0 Å². The molecule has 0 aromatic carbocycles. The number of nitrogens with zero attached hydrogens (tertiary/aromatic N) is 3. The molecule has 0 atom stereocenters. The van der Waals surface area contributed by atoms with Crippen LogP contribution in [-0.4, -0.2) is 30.1 Å². The van der Waals surface area contributed by atoms with Crippen LogP contribution >= 0.6 is 0 Å². The minimum atomic E-state index is 0.418. The second kappa shape index (κ2) is 6.91. The Bertz CT molecular complexity index is 422. The molecule has 1 saturated carbocycles. The van der Waals surface area contributed by atoms with Crippen molar-refractivity contribution < 1.29 is 0 Å². The van der Waals surface area contributed by atoms with Crippen molar-refractivity contribution >= 4 is 11.6 Å². The van der Waals surface area contributed by atoms with Gasteiger partial charge in [-0.2, -0.15) is 0 Å². The van der Waals surface area contributed by atoms with Gasteiger partial charge in [0.2, 0.25) is 0 Å². The first kappa shape index (κ1) is 15.1. The third kappa shape index (κ3) is 3.22. The lowest BCUT2D eigenvalue weighted by Gasteiger charge is -2.31. The van der Waals surface area contributed by atoms with Crippen LogP contribution in [0.25, 0.3) is 0 Å². The molecule has 1 fully saturated rings. The van der Waals surface area contributed by atoms with E-state index in [4.69, 9.17) is 0 Å². The number of hydrogen-bond acceptors (Lipinski definition) is 4. The van der Waals surface area contributed by atoms with Gasteiger partial charge in [-0.25, -0.2) is 9.97 Å². The number of hydrogen-bond donors (Lipinski definition) is 1. The number of rotatable bonds is 4. The zero-order chi connectivity index (χ0) is 14.5. The third-order valence-electron chi connectivity index (χ3n) is 4.38. The number of nitrogens with one attached hydrogen (secondary N) is 1. The van der Waals surface area contributed by atoms with Gasteiger partial charge >= 0.3 is 0 Å². The average Bonchev–Trinajstić information content (AvgIpc) is 2.74. The summed E-state index contributed by atoms with van der Waals surface area (Å²) in [4.78, 5) is 11.4. The van der Waals surface area contributed by atoms with Gasteiger partial charge < -0.3 is 10.2 Å². The fraction of sp³-hybridized carbons (Fsp3) is 0.750. The zero-order valence-electron chi connectivity index (χ0n) is 13.3. The maximum Gasteiger partial charge on any atom is 0.137 e. The molecule has 20 heavy (non-hydrogen) atoms. The van der Waals surface area contributed by atoms with Crippen LogP contribution in [0, 0.1) is 0 Å². The van der Waals surface area contributed by atoms with E-state index < -0.39 is 0 Å². The van der Waals surface area contributed by atoms with Crippen molar-refractivity contribution in [1.82, 2.24) is 9.97 Å². The molecule has 1 heterocycles. The van der Waals surface area contributed by atoms with E-state index in [2.05, 4.69) is 41.1 Å². The number of aromatic nitrogens is 2. The molecule has 1 N–H and O–H groups in total.